The van der Waals surface area contributed by atoms with Gasteiger partial charge >= 0.3 is 6.18 Å². The largest absolute Gasteiger partial charge is 0.416 e. The number of hydrazine groups is 1. The molecule has 2 unspecified atom stereocenters. The van der Waals surface area contributed by atoms with Crippen molar-refractivity contribution in [2.45, 2.75) is 38.1 Å². The fourth-order valence-electron chi connectivity index (χ4n) is 1.80. The molecule has 108 valence electrons. The Morgan fingerprint density at radius 3 is 2.53 bits per heavy atom. The highest BCUT2D eigenvalue weighted by Crippen LogP contribution is 2.31. The van der Waals surface area contributed by atoms with Crippen LogP contribution in [0.25, 0.3) is 0 Å². The molecule has 3 N–H and O–H groups in total. The summed E-state index contributed by atoms with van der Waals surface area (Å²) in [6, 6.07) is 4.89. The summed E-state index contributed by atoms with van der Waals surface area (Å²) in [6.07, 6.45) is -2.98. The molecule has 1 aromatic rings. The first-order valence-electron chi connectivity index (χ1n) is 6.04. The van der Waals surface area contributed by atoms with Gasteiger partial charge in [-0.1, -0.05) is 12.1 Å². The zero-order valence-corrected chi connectivity index (χ0v) is 11.0. The molecule has 0 heterocycles. The predicted octanol–water partition coefficient (Wildman–Crippen LogP) is 3.02. The highest BCUT2D eigenvalue weighted by Gasteiger charge is 2.30. The van der Waals surface area contributed by atoms with Crippen LogP contribution in [0.15, 0.2) is 24.3 Å². The lowest BCUT2D eigenvalue weighted by molar-refractivity contribution is -0.137. The van der Waals surface area contributed by atoms with Gasteiger partial charge in [-0.3, -0.25) is 11.3 Å². The molecule has 0 aliphatic rings. The van der Waals surface area contributed by atoms with Gasteiger partial charge in [0.05, 0.1) is 11.7 Å². The van der Waals surface area contributed by atoms with Crippen LogP contribution in [-0.2, 0) is 10.9 Å². The van der Waals surface area contributed by atoms with E-state index in [0.717, 1.165) is 12.1 Å². The second-order valence-corrected chi connectivity index (χ2v) is 4.47. The number of methoxy groups -OCH3 is 1. The van der Waals surface area contributed by atoms with E-state index in [4.69, 9.17) is 10.6 Å². The molecule has 1 rings (SSSR count). The summed E-state index contributed by atoms with van der Waals surface area (Å²) < 4.78 is 43.0. The summed E-state index contributed by atoms with van der Waals surface area (Å²) in [6.45, 7) is 1.90. The molecule has 19 heavy (non-hydrogen) atoms. The SMILES string of the molecule is COC(C)CCC(NN)c1cccc(C(F)(F)F)c1. The van der Waals surface area contributed by atoms with Gasteiger partial charge in [-0.05, 0) is 37.5 Å². The standard InChI is InChI=1S/C13H19F3N2O/c1-9(19-2)6-7-12(18-17)10-4-3-5-11(8-10)13(14,15)16/h3-5,8-9,12,18H,6-7,17H2,1-2H3. The van der Waals surface area contributed by atoms with E-state index in [9.17, 15) is 13.2 Å². The Bertz CT molecular complexity index is 396. The van der Waals surface area contributed by atoms with E-state index in [1.165, 1.54) is 6.07 Å². The van der Waals surface area contributed by atoms with E-state index in [1.807, 2.05) is 6.92 Å². The summed E-state index contributed by atoms with van der Waals surface area (Å²) in [7, 11) is 1.60. The van der Waals surface area contributed by atoms with Crippen molar-refractivity contribution >= 4 is 0 Å². The van der Waals surface area contributed by atoms with Crippen molar-refractivity contribution < 1.29 is 17.9 Å². The van der Waals surface area contributed by atoms with Gasteiger partial charge in [-0.25, -0.2) is 0 Å². The van der Waals surface area contributed by atoms with Gasteiger partial charge in [0.1, 0.15) is 0 Å². The minimum atomic E-state index is -4.34. The molecule has 0 aliphatic heterocycles. The topological polar surface area (TPSA) is 47.3 Å². The fraction of sp³-hybridized carbons (Fsp3) is 0.538. The number of halogens is 3. The Kier molecular flexibility index (Phi) is 5.78. The predicted molar refractivity (Wildman–Crippen MR) is 67.2 cm³/mol. The number of hydrogen-bond donors (Lipinski definition) is 2. The van der Waals surface area contributed by atoms with Crippen molar-refractivity contribution in [2.24, 2.45) is 5.84 Å². The fourth-order valence-corrected chi connectivity index (χ4v) is 1.80. The molecule has 0 fully saturated rings. The lowest BCUT2D eigenvalue weighted by Crippen LogP contribution is -2.29. The third-order valence-electron chi connectivity index (χ3n) is 3.08. The molecule has 0 amide bonds. The molecule has 0 spiro atoms. The molecular weight excluding hydrogens is 257 g/mol. The van der Waals surface area contributed by atoms with Crippen molar-refractivity contribution in [3.63, 3.8) is 0 Å². The van der Waals surface area contributed by atoms with E-state index >= 15 is 0 Å². The van der Waals surface area contributed by atoms with Crippen LogP contribution in [0.1, 0.15) is 36.9 Å². The van der Waals surface area contributed by atoms with E-state index < -0.39 is 11.7 Å². The number of rotatable bonds is 6. The Balaban J connectivity index is 2.81. The Morgan fingerprint density at radius 1 is 1.32 bits per heavy atom. The van der Waals surface area contributed by atoms with Gasteiger partial charge in [0.2, 0.25) is 0 Å². The number of alkyl halides is 3. The molecule has 1 aromatic carbocycles. The smallest absolute Gasteiger partial charge is 0.382 e. The van der Waals surface area contributed by atoms with Crippen molar-refractivity contribution in [3.8, 4) is 0 Å². The van der Waals surface area contributed by atoms with Gasteiger partial charge < -0.3 is 4.74 Å². The maximum atomic E-state index is 12.6. The molecule has 2 atom stereocenters. The Hall–Kier alpha value is -1.11. The van der Waals surface area contributed by atoms with Gasteiger partial charge in [0.15, 0.2) is 0 Å². The average molecular weight is 276 g/mol. The molecule has 0 radical (unpaired) electrons. The molecule has 0 aliphatic carbocycles. The number of nitrogens with two attached hydrogens (primary N) is 1. The van der Waals surface area contributed by atoms with E-state index in [2.05, 4.69) is 5.43 Å². The van der Waals surface area contributed by atoms with Crippen LogP contribution >= 0.6 is 0 Å². The number of benzene rings is 1. The quantitative estimate of drug-likeness (QED) is 0.620. The highest BCUT2D eigenvalue weighted by atomic mass is 19.4. The van der Waals surface area contributed by atoms with Gasteiger partial charge in [-0.15, -0.1) is 0 Å². The molecule has 6 heteroatoms. The molecule has 3 nitrogen and oxygen atoms in total. The zero-order valence-electron chi connectivity index (χ0n) is 11.0. The minimum Gasteiger partial charge on any atom is -0.382 e. The second kappa shape index (κ2) is 6.88. The molecular formula is C13H19F3N2O. The third kappa shape index (κ3) is 4.81. The molecule has 0 aromatic heterocycles. The van der Waals surface area contributed by atoms with Crippen molar-refractivity contribution in [2.75, 3.05) is 7.11 Å². The average Bonchev–Trinajstić information content (AvgIpc) is 2.38. The lowest BCUT2D eigenvalue weighted by Gasteiger charge is -2.19. The second-order valence-electron chi connectivity index (χ2n) is 4.47. The van der Waals surface area contributed by atoms with Crippen LogP contribution in [0.2, 0.25) is 0 Å². The lowest BCUT2D eigenvalue weighted by atomic mass is 9.99. The van der Waals surface area contributed by atoms with Crippen LogP contribution < -0.4 is 11.3 Å². The van der Waals surface area contributed by atoms with E-state index in [1.54, 1.807) is 13.2 Å². The normalized spacial score (nSPS) is 15.3. The van der Waals surface area contributed by atoms with Crippen molar-refractivity contribution in [1.29, 1.82) is 0 Å². The van der Waals surface area contributed by atoms with Gasteiger partial charge in [0.25, 0.3) is 0 Å². The first-order valence-corrected chi connectivity index (χ1v) is 6.04. The van der Waals surface area contributed by atoms with Gasteiger partial charge in [-0.2, -0.15) is 13.2 Å². The van der Waals surface area contributed by atoms with Crippen LogP contribution in [0.3, 0.4) is 0 Å². The number of ether oxygens (including phenoxy) is 1. The summed E-state index contributed by atoms with van der Waals surface area (Å²) in [5, 5.41) is 0. The molecule has 0 saturated heterocycles. The molecule has 0 saturated carbocycles. The van der Waals surface area contributed by atoms with Crippen LogP contribution in [-0.4, -0.2) is 13.2 Å². The Labute approximate surface area is 110 Å². The number of nitrogens with one attached hydrogen (secondary N) is 1. The maximum absolute atomic E-state index is 12.6. The van der Waals surface area contributed by atoms with Gasteiger partial charge in [0, 0.05) is 13.2 Å². The first kappa shape index (κ1) is 15.9. The summed E-state index contributed by atoms with van der Waals surface area (Å²) in [4.78, 5) is 0. The zero-order chi connectivity index (χ0) is 14.5. The van der Waals surface area contributed by atoms with E-state index in [-0.39, 0.29) is 12.1 Å². The molecule has 0 bridgehead atoms. The summed E-state index contributed by atoms with van der Waals surface area (Å²) in [5.41, 5.74) is 2.42. The highest BCUT2D eigenvalue weighted by molar-refractivity contribution is 5.27. The summed E-state index contributed by atoms with van der Waals surface area (Å²) >= 11 is 0. The minimum absolute atomic E-state index is 0.0432. The van der Waals surface area contributed by atoms with Crippen molar-refractivity contribution in [1.82, 2.24) is 5.43 Å². The van der Waals surface area contributed by atoms with Crippen molar-refractivity contribution in [3.05, 3.63) is 35.4 Å². The Morgan fingerprint density at radius 2 is 2.00 bits per heavy atom. The van der Waals surface area contributed by atoms with E-state index in [0.29, 0.717) is 18.4 Å². The van der Waals surface area contributed by atoms with Crippen LogP contribution in [0.4, 0.5) is 13.2 Å². The first-order chi connectivity index (χ1) is 8.88. The van der Waals surface area contributed by atoms with Crippen LogP contribution in [0, 0.1) is 0 Å². The monoisotopic (exact) mass is 276 g/mol. The number of hydrogen-bond acceptors (Lipinski definition) is 3. The van der Waals surface area contributed by atoms with Crippen LogP contribution in [0.5, 0.6) is 0 Å². The maximum Gasteiger partial charge on any atom is 0.416 e. The summed E-state index contributed by atoms with van der Waals surface area (Å²) in [5.74, 6) is 5.42. The third-order valence-corrected chi connectivity index (χ3v) is 3.08.